The predicted molar refractivity (Wildman–Crippen MR) is 95.4 cm³/mol. The number of anilines is 1. The number of nitrogens with one attached hydrogen (secondary N) is 1. The first-order valence-corrected chi connectivity index (χ1v) is 8.21. The largest absolute Gasteiger partial charge is 0.480 e. The molecule has 0 bridgehead atoms. The Kier molecular flexibility index (Phi) is 6.63. The molecule has 7 heteroatoms. The molecule has 126 valence electrons. The van der Waals surface area contributed by atoms with Crippen molar-refractivity contribution in [2.75, 3.05) is 18.5 Å². The number of esters is 1. The average molecular weight is 413 g/mol. The number of aryl methyl sites for hydroxylation is 1. The molecule has 0 aromatic heterocycles. The summed E-state index contributed by atoms with van der Waals surface area (Å²) in [6, 6.07) is 12.3. The van der Waals surface area contributed by atoms with Crippen molar-refractivity contribution in [1.82, 2.24) is 0 Å². The minimum Gasteiger partial charge on any atom is -0.480 e. The average Bonchev–Trinajstić information content (AvgIpc) is 2.54. The van der Waals surface area contributed by atoms with Gasteiger partial charge in [-0.05, 0) is 42.8 Å². The van der Waals surface area contributed by atoms with E-state index in [-0.39, 0.29) is 6.61 Å². The second-order valence-electron chi connectivity index (χ2n) is 4.94. The lowest BCUT2D eigenvalue weighted by Crippen LogP contribution is -2.23. The summed E-state index contributed by atoms with van der Waals surface area (Å²) in [5.41, 5.74) is 1.56. The monoisotopic (exact) mass is 411 g/mol. The molecule has 0 aliphatic carbocycles. The van der Waals surface area contributed by atoms with Gasteiger partial charge in [-0.2, -0.15) is 0 Å². The molecule has 1 N–H and O–H groups in total. The predicted octanol–water partition coefficient (Wildman–Crippen LogP) is 3.97. The molecule has 0 saturated carbocycles. The Labute approximate surface area is 153 Å². The third kappa shape index (κ3) is 5.86. The number of carbonyl (C=O) groups is 2. The third-order valence-corrected chi connectivity index (χ3v) is 3.71. The molecule has 2 rings (SSSR count). The van der Waals surface area contributed by atoms with Crippen molar-refractivity contribution < 1.29 is 19.1 Å². The SMILES string of the molecule is Cc1ccc(Cl)c(OCC(=O)OCC(=O)Nc2cccc(Br)c2)c1. The van der Waals surface area contributed by atoms with Gasteiger partial charge in [-0.1, -0.05) is 39.7 Å². The smallest absolute Gasteiger partial charge is 0.344 e. The minimum absolute atomic E-state index is 0.326. The molecule has 2 aromatic carbocycles. The summed E-state index contributed by atoms with van der Waals surface area (Å²) < 4.78 is 11.0. The molecule has 0 atom stereocenters. The summed E-state index contributed by atoms with van der Waals surface area (Å²) in [7, 11) is 0. The van der Waals surface area contributed by atoms with E-state index in [1.807, 2.05) is 19.1 Å². The fourth-order valence-electron chi connectivity index (χ4n) is 1.81. The standard InChI is InChI=1S/C17H15BrClNO4/c1-11-5-6-14(19)15(7-11)23-10-17(22)24-9-16(21)20-13-4-2-3-12(18)8-13/h2-8H,9-10H2,1H3,(H,20,21). The Morgan fingerprint density at radius 3 is 2.71 bits per heavy atom. The highest BCUT2D eigenvalue weighted by Crippen LogP contribution is 2.25. The fraction of sp³-hybridized carbons (Fsp3) is 0.176. The Bertz CT molecular complexity index is 751. The maximum absolute atomic E-state index is 11.7. The van der Waals surface area contributed by atoms with Gasteiger partial charge in [-0.25, -0.2) is 4.79 Å². The molecule has 0 aliphatic heterocycles. The number of amides is 1. The lowest BCUT2D eigenvalue weighted by molar-refractivity contribution is -0.149. The number of benzene rings is 2. The third-order valence-electron chi connectivity index (χ3n) is 2.90. The second-order valence-corrected chi connectivity index (χ2v) is 6.26. The van der Waals surface area contributed by atoms with Crippen molar-refractivity contribution in [3.8, 4) is 5.75 Å². The molecule has 2 aromatic rings. The van der Waals surface area contributed by atoms with Crippen molar-refractivity contribution >= 4 is 45.1 Å². The van der Waals surface area contributed by atoms with E-state index >= 15 is 0 Å². The zero-order chi connectivity index (χ0) is 17.5. The quantitative estimate of drug-likeness (QED) is 0.729. The van der Waals surface area contributed by atoms with Crippen molar-refractivity contribution in [3.05, 3.63) is 57.5 Å². The minimum atomic E-state index is -0.656. The number of halogens is 2. The molecular formula is C17H15BrClNO4. The van der Waals surface area contributed by atoms with Crippen molar-refractivity contribution in [2.24, 2.45) is 0 Å². The first-order chi connectivity index (χ1) is 11.4. The zero-order valence-corrected chi connectivity index (χ0v) is 15.2. The van der Waals surface area contributed by atoms with E-state index in [9.17, 15) is 9.59 Å². The van der Waals surface area contributed by atoms with E-state index in [2.05, 4.69) is 21.2 Å². The molecule has 1 amide bonds. The maximum atomic E-state index is 11.7. The van der Waals surface area contributed by atoms with Crippen LogP contribution in [0.15, 0.2) is 46.9 Å². The summed E-state index contributed by atoms with van der Waals surface area (Å²) in [6.07, 6.45) is 0. The Hall–Kier alpha value is -2.05. The van der Waals surface area contributed by atoms with Gasteiger partial charge in [0.25, 0.3) is 5.91 Å². The molecule has 0 saturated heterocycles. The van der Waals surface area contributed by atoms with Crippen LogP contribution in [0, 0.1) is 6.92 Å². The zero-order valence-electron chi connectivity index (χ0n) is 12.8. The molecule has 0 unspecified atom stereocenters. The van der Waals surface area contributed by atoms with Gasteiger partial charge in [-0.15, -0.1) is 0 Å². The van der Waals surface area contributed by atoms with Gasteiger partial charge in [-0.3, -0.25) is 4.79 Å². The normalized spacial score (nSPS) is 10.1. The molecule has 0 radical (unpaired) electrons. The maximum Gasteiger partial charge on any atom is 0.344 e. The highest BCUT2D eigenvalue weighted by Gasteiger charge is 2.10. The first-order valence-electron chi connectivity index (χ1n) is 7.04. The second kappa shape index (κ2) is 8.70. The molecule has 24 heavy (non-hydrogen) atoms. The lowest BCUT2D eigenvalue weighted by atomic mass is 10.2. The summed E-state index contributed by atoms with van der Waals surface area (Å²) >= 11 is 9.27. The fourth-order valence-corrected chi connectivity index (χ4v) is 2.38. The van der Waals surface area contributed by atoms with Gasteiger partial charge in [0.15, 0.2) is 13.2 Å². The Morgan fingerprint density at radius 1 is 1.17 bits per heavy atom. The highest BCUT2D eigenvalue weighted by atomic mass is 79.9. The van der Waals surface area contributed by atoms with Crippen LogP contribution in [0.5, 0.6) is 5.75 Å². The molecule has 0 aliphatic rings. The van der Waals surface area contributed by atoms with E-state index in [1.165, 1.54) is 0 Å². The number of rotatable bonds is 6. The topological polar surface area (TPSA) is 64.6 Å². The van der Waals surface area contributed by atoms with Gasteiger partial charge in [0.05, 0.1) is 5.02 Å². The number of hydrogen-bond donors (Lipinski definition) is 1. The van der Waals surface area contributed by atoms with Gasteiger partial charge in [0.2, 0.25) is 0 Å². The molecule has 0 spiro atoms. The molecular weight excluding hydrogens is 398 g/mol. The van der Waals surface area contributed by atoms with Crippen LogP contribution in [0.25, 0.3) is 0 Å². The van der Waals surface area contributed by atoms with Gasteiger partial charge < -0.3 is 14.8 Å². The van der Waals surface area contributed by atoms with E-state index in [0.717, 1.165) is 10.0 Å². The summed E-state index contributed by atoms with van der Waals surface area (Å²) in [6.45, 7) is 1.16. The van der Waals surface area contributed by atoms with Crippen molar-refractivity contribution in [2.45, 2.75) is 6.92 Å². The van der Waals surface area contributed by atoms with Crippen LogP contribution >= 0.6 is 27.5 Å². The van der Waals surface area contributed by atoms with Crippen molar-refractivity contribution in [3.63, 3.8) is 0 Å². The summed E-state index contributed by atoms with van der Waals surface area (Å²) in [5.74, 6) is -0.695. The van der Waals surface area contributed by atoms with E-state index in [4.69, 9.17) is 21.1 Å². The van der Waals surface area contributed by atoms with Crippen LogP contribution in [0.2, 0.25) is 5.02 Å². The van der Waals surface area contributed by atoms with Crippen LogP contribution in [0.1, 0.15) is 5.56 Å². The Balaban J connectivity index is 1.76. The van der Waals surface area contributed by atoms with E-state index < -0.39 is 18.5 Å². The summed E-state index contributed by atoms with van der Waals surface area (Å²) in [5, 5.41) is 3.02. The van der Waals surface area contributed by atoms with Crippen LogP contribution in [-0.2, 0) is 14.3 Å². The molecule has 0 fully saturated rings. The van der Waals surface area contributed by atoms with Gasteiger partial charge in [0, 0.05) is 10.2 Å². The number of carbonyl (C=O) groups excluding carboxylic acids is 2. The Morgan fingerprint density at radius 2 is 1.96 bits per heavy atom. The molecule has 5 nitrogen and oxygen atoms in total. The van der Waals surface area contributed by atoms with E-state index in [0.29, 0.717) is 16.5 Å². The first kappa shape index (κ1) is 18.3. The van der Waals surface area contributed by atoms with E-state index in [1.54, 1.807) is 30.3 Å². The van der Waals surface area contributed by atoms with Crippen LogP contribution in [-0.4, -0.2) is 25.1 Å². The van der Waals surface area contributed by atoms with Crippen LogP contribution in [0.4, 0.5) is 5.69 Å². The van der Waals surface area contributed by atoms with Crippen LogP contribution in [0.3, 0.4) is 0 Å². The number of hydrogen-bond acceptors (Lipinski definition) is 4. The lowest BCUT2D eigenvalue weighted by Gasteiger charge is -2.09. The van der Waals surface area contributed by atoms with Crippen LogP contribution < -0.4 is 10.1 Å². The highest BCUT2D eigenvalue weighted by molar-refractivity contribution is 9.10. The van der Waals surface area contributed by atoms with Gasteiger partial charge >= 0.3 is 5.97 Å². The molecule has 0 heterocycles. The summed E-state index contributed by atoms with van der Waals surface area (Å²) in [4.78, 5) is 23.4. The van der Waals surface area contributed by atoms with Crippen molar-refractivity contribution in [1.29, 1.82) is 0 Å². The van der Waals surface area contributed by atoms with Gasteiger partial charge in [0.1, 0.15) is 5.75 Å². The number of ether oxygens (including phenoxy) is 2.